The quantitative estimate of drug-likeness (QED) is 0.780. The Hall–Kier alpha value is -2.25. The maximum atomic E-state index is 13.1. The third-order valence-corrected chi connectivity index (χ3v) is 4.19. The third-order valence-electron chi connectivity index (χ3n) is 3.46. The molecule has 1 aromatic heterocycles. The fourth-order valence-corrected chi connectivity index (χ4v) is 2.93. The number of aromatic nitrogens is 2. The van der Waals surface area contributed by atoms with Gasteiger partial charge in [0.1, 0.15) is 11.6 Å². The molecule has 3 rings (SSSR count). The number of hydrogen-bond acceptors (Lipinski definition) is 3. The molecule has 1 heterocycles. The van der Waals surface area contributed by atoms with Crippen LogP contribution in [0.4, 0.5) is 4.39 Å². The molecule has 0 saturated carbocycles. The van der Waals surface area contributed by atoms with Gasteiger partial charge in [-0.1, -0.05) is 12.1 Å². The van der Waals surface area contributed by atoms with Gasteiger partial charge in [-0.05, 0) is 36.4 Å². The first-order valence-electron chi connectivity index (χ1n) is 7.10. The zero-order valence-electron chi connectivity index (χ0n) is 12.5. The normalized spacial score (nSPS) is 11.9. The summed E-state index contributed by atoms with van der Waals surface area (Å²) in [7, 11) is -3.25. The van der Waals surface area contributed by atoms with Crippen LogP contribution in [0.5, 0.6) is 0 Å². The van der Waals surface area contributed by atoms with E-state index < -0.39 is 10.0 Å². The molecular formula is C16H16FN3O2S. The average Bonchev–Trinajstić information content (AvgIpc) is 2.86. The Kier molecular flexibility index (Phi) is 4.14. The Morgan fingerprint density at radius 3 is 2.52 bits per heavy atom. The molecule has 0 unspecified atom stereocenters. The first-order valence-corrected chi connectivity index (χ1v) is 8.99. The van der Waals surface area contributed by atoms with Crippen molar-refractivity contribution in [1.29, 1.82) is 0 Å². The average molecular weight is 333 g/mol. The Bertz CT molecular complexity index is 934. The van der Waals surface area contributed by atoms with E-state index in [-0.39, 0.29) is 12.4 Å². The number of halogens is 1. The summed E-state index contributed by atoms with van der Waals surface area (Å²) in [6.07, 6.45) is 1.12. The molecule has 0 atom stereocenters. The van der Waals surface area contributed by atoms with Crippen molar-refractivity contribution < 1.29 is 12.8 Å². The minimum atomic E-state index is -3.25. The smallest absolute Gasteiger partial charge is 0.208 e. The van der Waals surface area contributed by atoms with E-state index >= 15 is 0 Å². The van der Waals surface area contributed by atoms with Crippen molar-refractivity contribution in [3.63, 3.8) is 0 Å². The summed E-state index contributed by atoms with van der Waals surface area (Å²) in [4.78, 5) is 4.59. The number of rotatable bonds is 5. The molecule has 0 amide bonds. The number of para-hydroxylation sites is 2. The van der Waals surface area contributed by atoms with Gasteiger partial charge in [-0.25, -0.2) is 22.5 Å². The molecule has 2 aromatic carbocycles. The second-order valence-corrected chi connectivity index (χ2v) is 7.08. The zero-order chi connectivity index (χ0) is 16.4. The van der Waals surface area contributed by atoms with Gasteiger partial charge in [0.15, 0.2) is 0 Å². The Morgan fingerprint density at radius 1 is 1.13 bits per heavy atom. The van der Waals surface area contributed by atoms with Gasteiger partial charge in [0, 0.05) is 18.7 Å². The van der Waals surface area contributed by atoms with Gasteiger partial charge >= 0.3 is 0 Å². The van der Waals surface area contributed by atoms with E-state index in [2.05, 4.69) is 9.71 Å². The van der Waals surface area contributed by atoms with Gasteiger partial charge in [0.25, 0.3) is 0 Å². The second-order valence-electron chi connectivity index (χ2n) is 5.25. The molecule has 0 aliphatic heterocycles. The predicted molar refractivity (Wildman–Crippen MR) is 88.0 cm³/mol. The van der Waals surface area contributed by atoms with Crippen LogP contribution < -0.4 is 4.72 Å². The first-order chi connectivity index (χ1) is 10.9. The number of nitrogens with zero attached hydrogens (tertiary/aromatic N) is 2. The highest BCUT2D eigenvalue weighted by atomic mass is 32.2. The van der Waals surface area contributed by atoms with Crippen LogP contribution in [-0.4, -0.2) is 30.8 Å². The SMILES string of the molecule is CS(=O)(=O)NCCn1c(-c2ccc(F)cc2)nc2ccccc21. The molecule has 1 N–H and O–H groups in total. The van der Waals surface area contributed by atoms with Crippen LogP contribution in [0.15, 0.2) is 48.5 Å². The molecule has 0 fully saturated rings. The van der Waals surface area contributed by atoms with Gasteiger partial charge in [-0.3, -0.25) is 0 Å². The van der Waals surface area contributed by atoms with E-state index in [1.54, 1.807) is 12.1 Å². The summed E-state index contributed by atoms with van der Waals surface area (Å²) in [6, 6.07) is 13.7. The Labute approximate surface area is 133 Å². The van der Waals surface area contributed by atoms with Crippen LogP contribution in [0.3, 0.4) is 0 Å². The highest BCUT2D eigenvalue weighted by Gasteiger charge is 2.12. The fraction of sp³-hybridized carbons (Fsp3) is 0.188. The van der Waals surface area contributed by atoms with Gasteiger partial charge < -0.3 is 4.57 Å². The van der Waals surface area contributed by atoms with Gasteiger partial charge in [0.05, 0.1) is 17.3 Å². The topological polar surface area (TPSA) is 64.0 Å². The minimum Gasteiger partial charge on any atom is -0.323 e. The lowest BCUT2D eigenvalue weighted by Gasteiger charge is -2.09. The number of imidazole rings is 1. The molecule has 0 saturated heterocycles. The molecule has 0 bridgehead atoms. The number of fused-ring (bicyclic) bond motifs is 1. The van der Waals surface area contributed by atoms with E-state index in [1.807, 2.05) is 28.8 Å². The van der Waals surface area contributed by atoms with Crippen molar-refractivity contribution in [3.8, 4) is 11.4 Å². The number of benzene rings is 2. The molecule has 0 aliphatic rings. The van der Waals surface area contributed by atoms with Crippen molar-refractivity contribution in [2.45, 2.75) is 6.54 Å². The molecular weight excluding hydrogens is 317 g/mol. The monoisotopic (exact) mass is 333 g/mol. The van der Waals surface area contributed by atoms with Gasteiger partial charge in [-0.2, -0.15) is 0 Å². The minimum absolute atomic E-state index is 0.257. The van der Waals surface area contributed by atoms with Gasteiger partial charge in [0.2, 0.25) is 10.0 Å². The van der Waals surface area contributed by atoms with Crippen molar-refractivity contribution >= 4 is 21.1 Å². The summed E-state index contributed by atoms with van der Waals surface area (Å²) >= 11 is 0. The largest absolute Gasteiger partial charge is 0.323 e. The molecule has 5 nitrogen and oxygen atoms in total. The van der Waals surface area contributed by atoms with Crippen LogP contribution in [-0.2, 0) is 16.6 Å². The maximum absolute atomic E-state index is 13.1. The van der Waals surface area contributed by atoms with Crippen molar-refractivity contribution in [2.24, 2.45) is 0 Å². The first kappa shape index (κ1) is 15.6. The van der Waals surface area contributed by atoms with Crippen LogP contribution in [0, 0.1) is 5.82 Å². The molecule has 0 radical (unpaired) electrons. The lowest BCUT2D eigenvalue weighted by Crippen LogP contribution is -2.26. The van der Waals surface area contributed by atoms with E-state index in [9.17, 15) is 12.8 Å². The van der Waals surface area contributed by atoms with E-state index in [0.717, 1.165) is 22.9 Å². The molecule has 0 aliphatic carbocycles. The molecule has 0 spiro atoms. The summed E-state index contributed by atoms with van der Waals surface area (Å²) in [5, 5.41) is 0. The summed E-state index contributed by atoms with van der Waals surface area (Å²) in [6.45, 7) is 0.688. The molecule has 23 heavy (non-hydrogen) atoms. The lowest BCUT2D eigenvalue weighted by atomic mass is 10.2. The third kappa shape index (κ3) is 3.57. The number of nitrogens with one attached hydrogen (secondary N) is 1. The highest BCUT2D eigenvalue weighted by molar-refractivity contribution is 7.88. The highest BCUT2D eigenvalue weighted by Crippen LogP contribution is 2.24. The lowest BCUT2D eigenvalue weighted by molar-refractivity contribution is 0.580. The van der Waals surface area contributed by atoms with Crippen molar-refractivity contribution in [2.75, 3.05) is 12.8 Å². The Balaban J connectivity index is 2.02. The van der Waals surface area contributed by atoms with E-state index in [0.29, 0.717) is 12.4 Å². The van der Waals surface area contributed by atoms with Crippen LogP contribution >= 0.6 is 0 Å². The number of hydrogen-bond donors (Lipinski definition) is 1. The fourth-order valence-electron chi connectivity index (χ4n) is 2.46. The Morgan fingerprint density at radius 2 is 1.83 bits per heavy atom. The summed E-state index contributed by atoms with van der Waals surface area (Å²) < 4.78 is 40.0. The van der Waals surface area contributed by atoms with Crippen LogP contribution in [0.2, 0.25) is 0 Å². The zero-order valence-corrected chi connectivity index (χ0v) is 13.3. The standard InChI is InChI=1S/C16H16FN3O2S/c1-23(21,22)18-10-11-20-15-5-3-2-4-14(15)19-16(20)12-6-8-13(17)9-7-12/h2-9,18H,10-11H2,1H3. The van der Waals surface area contributed by atoms with Crippen LogP contribution in [0.1, 0.15) is 0 Å². The maximum Gasteiger partial charge on any atom is 0.208 e. The van der Waals surface area contributed by atoms with E-state index in [1.165, 1.54) is 12.1 Å². The molecule has 120 valence electrons. The predicted octanol–water partition coefficient (Wildman–Crippen LogP) is 2.39. The van der Waals surface area contributed by atoms with Crippen molar-refractivity contribution in [3.05, 3.63) is 54.3 Å². The second kappa shape index (κ2) is 6.10. The van der Waals surface area contributed by atoms with Gasteiger partial charge in [-0.15, -0.1) is 0 Å². The van der Waals surface area contributed by atoms with Crippen LogP contribution in [0.25, 0.3) is 22.4 Å². The van der Waals surface area contributed by atoms with E-state index in [4.69, 9.17) is 0 Å². The molecule has 3 aromatic rings. The van der Waals surface area contributed by atoms with Crippen molar-refractivity contribution in [1.82, 2.24) is 14.3 Å². The summed E-state index contributed by atoms with van der Waals surface area (Å²) in [5.74, 6) is 0.372. The number of sulfonamides is 1. The summed E-state index contributed by atoms with van der Waals surface area (Å²) in [5.41, 5.74) is 2.50. The molecule has 7 heteroatoms.